The molecule has 0 atom stereocenters. The Kier molecular flexibility index (Phi) is 6.24. The normalized spacial score (nSPS) is 31.2. The molecule has 1 heterocycles. The number of ether oxygens (including phenoxy) is 1. The monoisotopic (exact) mass is 516 g/mol. The molecule has 7 nitrogen and oxygen atoms in total. The van der Waals surface area contributed by atoms with Crippen molar-refractivity contribution < 1.29 is 26.3 Å². The Morgan fingerprint density at radius 1 is 1.09 bits per heavy atom. The molecule has 0 radical (unpaired) electrons. The van der Waals surface area contributed by atoms with Gasteiger partial charge in [-0.2, -0.15) is 8.42 Å². The number of rotatable bonds is 4. The highest BCUT2D eigenvalue weighted by atomic mass is 32.2. The van der Waals surface area contributed by atoms with E-state index in [1.807, 2.05) is 0 Å². The van der Waals surface area contributed by atoms with Gasteiger partial charge in [-0.05, 0) is 87.0 Å². The first-order chi connectivity index (χ1) is 16.1. The van der Waals surface area contributed by atoms with Crippen LogP contribution in [0.15, 0.2) is 38.6 Å². The molecule has 0 unspecified atom stereocenters. The summed E-state index contributed by atoms with van der Waals surface area (Å²) in [4.78, 5) is 4.23. The second kappa shape index (κ2) is 8.92. The molecule has 0 aromatic heterocycles. The maximum atomic E-state index is 13.1. The molecule has 34 heavy (non-hydrogen) atoms. The van der Waals surface area contributed by atoms with Gasteiger partial charge in [0.1, 0.15) is 5.75 Å². The van der Waals surface area contributed by atoms with Crippen LogP contribution >= 0.6 is 11.8 Å². The van der Waals surface area contributed by atoms with Crippen molar-refractivity contribution in [1.29, 1.82) is 0 Å². The number of hydrogen-bond donors (Lipinski definition) is 2. The first-order valence-electron chi connectivity index (χ1n) is 11.5. The van der Waals surface area contributed by atoms with Crippen molar-refractivity contribution in [2.45, 2.75) is 61.7 Å². The highest BCUT2D eigenvalue weighted by Gasteiger charge is 2.51. The molecular weight excluding hydrogens is 489 g/mol. The lowest BCUT2D eigenvalue weighted by molar-refractivity contribution is -0.274. The van der Waals surface area contributed by atoms with Crippen molar-refractivity contribution in [2.75, 3.05) is 12.3 Å². The van der Waals surface area contributed by atoms with Crippen LogP contribution < -0.4 is 15.4 Å². The SMILES string of the molecule is O=S(=O)(/N=C(\NC1=NCCCS1)NC12CC3CC(CC(C3)C1)C2)c1ccc(OC(F)(F)F)cc1. The Labute approximate surface area is 201 Å². The Morgan fingerprint density at radius 2 is 1.71 bits per heavy atom. The molecule has 1 aromatic rings. The predicted molar refractivity (Wildman–Crippen MR) is 124 cm³/mol. The van der Waals surface area contributed by atoms with Gasteiger partial charge in [0.15, 0.2) is 5.17 Å². The van der Waals surface area contributed by atoms with E-state index in [0.717, 1.165) is 55.7 Å². The van der Waals surface area contributed by atoms with Crippen LogP contribution in [0.1, 0.15) is 44.9 Å². The Bertz CT molecular complexity index is 1050. The van der Waals surface area contributed by atoms with Gasteiger partial charge in [-0.25, -0.2) is 0 Å². The molecule has 6 rings (SSSR count). The molecule has 4 aliphatic carbocycles. The summed E-state index contributed by atoms with van der Waals surface area (Å²) in [7, 11) is -4.19. The molecule has 2 N–H and O–H groups in total. The van der Waals surface area contributed by atoms with Crippen LogP contribution in [0.3, 0.4) is 0 Å². The van der Waals surface area contributed by atoms with Crippen LogP contribution in [0.25, 0.3) is 0 Å². The zero-order chi connectivity index (χ0) is 24.0. The average Bonchev–Trinajstić information content (AvgIpc) is 2.72. The highest BCUT2D eigenvalue weighted by Crippen LogP contribution is 2.55. The first-order valence-corrected chi connectivity index (χ1v) is 13.9. The fraction of sp³-hybridized carbons (Fsp3) is 0.636. The zero-order valence-corrected chi connectivity index (χ0v) is 20.1. The average molecular weight is 517 g/mol. The van der Waals surface area contributed by atoms with Gasteiger partial charge >= 0.3 is 6.36 Å². The van der Waals surface area contributed by atoms with E-state index in [2.05, 4.69) is 24.8 Å². The van der Waals surface area contributed by atoms with E-state index in [4.69, 9.17) is 0 Å². The molecule has 0 amide bonds. The van der Waals surface area contributed by atoms with Gasteiger partial charge in [0.2, 0.25) is 5.96 Å². The largest absolute Gasteiger partial charge is 0.573 e. The second-order valence-corrected chi connectivity index (χ2v) is 12.5. The Balaban J connectivity index is 1.41. The summed E-state index contributed by atoms with van der Waals surface area (Å²) in [6, 6.07) is 4.07. The lowest BCUT2D eigenvalue weighted by Crippen LogP contribution is -2.62. The van der Waals surface area contributed by atoms with Gasteiger partial charge in [-0.1, -0.05) is 11.8 Å². The lowest BCUT2D eigenvalue weighted by atomic mass is 9.53. The molecule has 1 aliphatic heterocycles. The molecule has 5 aliphatic rings. The number of nitrogens with zero attached hydrogens (tertiary/aromatic N) is 2. The van der Waals surface area contributed by atoms with E-state index >= 15 is 0 Å². The summed E-state index contributed by atoms with van der Waals surface area (Å²) in [6.45, 7) is 0.660. The van der Waals surface area contributed by atoms with Crippen molar-refractivity contribution >= 4 is 32.9 Å². The second-order valence-electron chi connectivity index (χ2n) is 9.77. The Hall–Kier alpha value is -1.95. The summed E-state index contributed by atoms with van der Waals surface area (Å²) in [5.41, 5.74) is -0.194. The number of thioether (sulfide) groups is 1. The van der Waals surface area contributed by atoms with Crippen LogP contribution in [-0.2, 0) is 10.0 Å². The summed E-state index contributed by atoms with van der Waals surface area (Å²) >= 11 is 1.51. The van der Waals surface area contributed by atoms with Crippen LogP contribution in [0.5, 0.6) is 5.75 Å². The quantitative estimate of drug-likeness (QED) is 0.459. The number of amidine groups is 1. The van der Waals surface area contributed by atoms with Gasteiger partial charge in [-0.3, -0.25) is 4.99 Å². The number of aliphatic imine (C=N–C) groups is 1. The molecule has 12 heteroatoms. The molecule has 4 bridgehead atoms. The molecule has 0 spiro atoms. The summed E-state index contributed by atoms with van der Waals surface area (Å²) in [5, 5.41) is 7.18. The fourth-order valence-corrected chi connectivity index (χ4v) is 7.95. The number of guanidine groups is 1. The number of sulfonamides is 1. The summed E-state index contributed by atoms with van der Waals surface area (Å²) in [5.74, 6) is 2.47. The van der Waals surface area contributed by atoms with E-state index in [9.17, 15) is 21.6 Å². The van der Waals surface area contributed by atoms with Crippen LogP contribution in [0.2, 0.25) is 0 Å². The van der Waals surface area contributed by atoms with Gasteiger partial charge in [0.25, 0.3) is 10.0 Å². The standard InChI is InChI=1S/C22H27F3N4O3S2/c23-22(24,25)32-17-2-4-18(5-3-17)34(30,31)29-19(27-20-26-6-1-7-33-20)28-21-11-14-8-15(12-21)10-16(9-14)13-21/h2-5,14-16H,1,6-13H2,(H2,26,27,28,29). The zero-order valence-electron chi connectivity index (χ0n) is 18.5. The highest BCUT2D eigenvalue weighted by molar-refractivity contribution is 8.13. The summed E-state index contributed by atoms with van der Waals surface area (Å²) in [6.07, 6.45) is 2.80. The summed E-state index contributed by atoms with van der Waals surface area (Å²) < 4.78 is 71.4. The van der Waals surface area contributed by atoms with Crippen LogP contribution in [-0.4, -0.2) is 43.7 Å². The molecule has 1 aromatic carbocycles. The minimum absolute atomic E-state index is 0.130. The number of hydrogen-bond acceptors (Lipinski definition) is 5. The maximum absolute atomic E-state index is 13.1. The van der Waals surface area contributed by atoms with Gasteiger partial charge in [0.05, 0.1) is 4.90 Å². The molecule has 4 fully saturated rings. The van der Waals surface area contributed by atoms with E-state index in [0.29, 0.717) is 29.5 Å². The van der Waals surface area contributed by atoms with Crippen molar-refractivity contribution in [3.63, 3.8) is 0 Å². The minimum Gasteiger partial charge on any atom is -0.406 e. The van der Waals surface area contributed by atoms with Crippen molar-refractivity contribution in [1.82, 2.24) is 10.6 Å². The van der Waals surface area contributed by atoms with Gasteiger partial charge in [-0.15, -0.1) is 17.6 Å². The third kappa shape index (κ3) is 5.48. The van der Waals surface area contributed by atoms with Crippen molar-refractivity contribution in [3.05, 3.63) is 24.3 Å². The first kappa shape index (κ1) is 23.8. The molecule has 0 saturated heterocycles. The topological polar surface area (TPSA) is 92.2 Å². The van der Waals surface area contributed by atoms with E-state index in [-0.39, 0.29) is 16.4 Å². The van der Waals surface area contributed by atoms with E-state index in [1.54, 1.807) is 0 Å². The number of benzene rings is 1. The van der Waals surface area contributed by atoms with Gasteiger partial charge < -0.3 is 15.4 Å². The Morgan fingerprint density at radius 3 is 2.24 bits per heavy atom. The van der Waals surface area contributed by atoms with Crippen molar-refractivity contribution in [2.24, 2.45) is 27.1 Å². The van der Waals surface area contributed by atoms with Crippen LogP contribution in [0, 0.1) is 17.8 Å². The third-order valence-corrected chi connectivity index (χ3v) is 9.30. The predicted octanol–water partition coefficient (Wildman–Crippen LogP) is 4.27. The van der Waals surface area contributed by atoms with Gasteiger partial charge in [0, 0.05) is 17.8 Å². The molecular formula is C22H27F3N4O3S2. The number of halogens is 3. The number of nitrogens with one attached hydrogen (secondary N) is 2. The third-order valence-electron chi connectivity index (χ3n) is 7.01. The van der Waals surface area contributed by atoms with E-state index in [1.165, 1.54) is 31.0 Å². The smallest absolute Gasteiger partial charge is 0.406 e. The van der Waals surface area contributed by atoms with Crippen molar-refractivity contribution in [3.8, 4) is 5.75 Å². The minimum atomic E-state index is -4.85. The molecule has 186 valence electrons. The van der Waals surface area contributed by atoms with Crippen LogP contribution in [0.4, 0.5) is 13.2 Å². The lowest BCUT2D eigenvalue weighted by Gasteiger charge is -2.57. The maximum Gasteiger partial charge on any atom is 0.573 e. The number of alkyl halides is 3. The van der Waals surface area contributed by atoms with E-state index < -0.39 is 22.1 Å². The fourth-order valence-electron chi connectivity index (χ4n) is 6.21. The molecule has 4 saturated carbocycles.